The molecule has 0 aliphatic carbocycles. The van der Waals surface area contributed by atoms with Crippen molar-refractivity contribution in [2.45, 2.75) is 13.5 Å². The monoisotopic (exact) mass is 472 g/mol. The summed E-state index contributed by atoms with van der Waals surface area (Å²) in [6.45, 7) is 2.60. The molecule has 6 aromatic rings. The minimum Gasteiger partial charge on any atom is -0.366 e. The first-order valence-electron chi connectivity index (χ1n) is 11.7. The molecule has 0 aliphatic rings. The van der Waals surface area contributed by atoms with Crippen LogP contribution >= 0.6 is 0 Å². The highest BCUT2D eigenvalue weighted by molar-refractivity contribution is 6.06. The van der Waals surface area contributed by atoms with Crippen molar-refractivity contribution in [1.29, 1.82) is 0 Å². The van der Waals surface area contributed by atoms with E-state index in [0.717, 1.165) is 44.8 Å². The summed E-state index contributed by atoms with van der Waals surface area (Å²) in [6.07, 6.45) is 0. The average Bonchev–Trinajstić information content (AvgIpc) is 3.48. The minimum absolute atomic E-state index is 0.462. The maximum atomic E-state index is 12.1. The third kappa shape index (κ3) is 3.67. The van der Waals surface area contributed by atoms with Crippen molar-refractivity contribution in [2.24, 2.45) is 5.73 Å². The summed E-state index contributed by atoms with van der Waals surface area (Å²) in [5, 5.41) is 9.25. The molecule has 7 nitrogen and oxygen atoms in total. The van der Waals surface area contributed by atoms with Crippen molar-refractivity contribution in [1.82, 2.24) is 19.2 Å². The normalized spacial score (nSPS) is 11.2. The Hall–Kier alpha value is -4.91. The molecule has 0 aliphatic heterocycles. The fraction of sp³-hybridized carbons (Fsp3) is 0.0690. The van der Waals surface area contributed by atoms with Gasteiger partial charge in [-0.15, -0.1) is 5.10 Å². The van der Waals surface area contributed by atoms with Gasteiger partial charge in [0.2, 0.25) is 5.91 Å². The second-order valence-electron chi connectivity index (χ2n) is 8.70. The van der Waals surface area contributed by atoms with E-state index in [2.05, 4.69) is 35.6 Å². The van der Waals surface area contributed by atoms with Gasteiger partial charge in [0.25, 0.3) is 5.95 Å². The summed E-state index contributed by atoms with van der Waals surface area (Å²) in [5.41, 5.74) is 11.9. The number of fused-ring (bicyclic) bond motifs is 2. The number of benzene rings is 3. The van der Waals surface area contributed by atoms with Gasteiger partial charge in [-0.1, -0.05) is 66.7 Å². The highest BCUT2D eigenvalue weighted by Crippen LogP contribution is 2.29. The van der Waals surface area contributed by atoms with E-state index in [-0.39, 0.29) is 0 Å². The average molecular weight is 473 g/mol. The smallest absolute Gasteiger partial charge is 0.254 e. The number of aromatic nitrogens is 4. The predicted molar refractivity (Wildman–Crippen MR) is 142 cm³/mol. The van der Waals surface area contributed by atoms with Crippen molar-refractivity contribution in [3.63, 3.8) is 0 Å². The second kappa shape index (κ2) is 8.70. The molecule has 3 heterocycles. The number of hydrogen-bond donors (Lipinski definition) is 2. The number of primary amides is 1. The van der Waals surface area contributed by atoms with E-state index in [1.165, 1.54) is 0 Å². The van der Waals surface area contributed by atoms with Gasteiger partial charge in [0.15, 0.2) is 5.82 Å². The van der Waals surface area contributed by atoms with Gasteiger partial charge in [-0.05, 0) is 42.8 Å². The fourth-order valence-corrected chi connectivity index (χ4v) is 4.66. The molecule has 0 fully saturated rings. The predicted octanol–water partition coefficient (Wildman–Crippen LogP) is 5.36. The standard InChI is InChI=1S/C29H24N6O/c1-19-17-23-22(27(30)36)13-8-14-25(23)34(19)29-32-28(31-18-20-9-4-2-5-10-20)26-16-15-24(35(26)33-29)21-11-6-3-7-12-21/h2-17H,18H2,1H3,(H2,30,36)(H,31,32,33). The van der Waals surface area contributed by atoms with Crippen LogP contribution < -0.4 is 11.1 Å². The maximum absolute atomic E-state index is 12.1. The second-order valence-corrected chi connectivity index (χ2v) is 8.70. The molecule has 0 saturated heterocycles. The van der Waals surface area contributed by atoms with Gasteiger partial charge < -0.3 is 11.1 Å². The van der Waals surface area contributed by atoms with E-state index >= 15 is 0 Å². The Labute approximate surface area is 207 Å². The minimum atomic E-state index is -0.462. The first-order chi connectivity index (χ1) is 17.6. The molecule has 0 bridgehead atoms. The van der Waals surface area contributed by atoms with Crippen molar-refractivity contribution in [2.75, 3.05) is 5.32 Å². The number of nitrogens with two attached hydrogens (primary N) is 1. The number of anilines is 1. The topological polar surface area (TPSA) is 90.2 Å². The number of aryl methyl sites for hydroxylation is 1. The fourth-order valence-electron chi connectivity index (χ4n) is 4.66. The van der Waals surface area contributed by atoms with Crippen LogP contribution in [0.25, 0.3) is 33.6 Å². The number of carbonyl (C=O) groups excluding carboxylic acids is 1. The van der Waals surface area contributed by atoms with E-state index < -0.39 is 5.91 Å². The van der Waals surface area contributed by atoms with Crippen LogP contribution in [0.4, 0.5) is 5.82 Å². The molecular weight excluding hydrogens is 448 g/mol. The number of hydrogen-bond acceptors (Lipinski definition) is 4. The molecule has 1 amide bonds. The van der Waals surface area contributed by atoms with Crippen LogP contribution in [0.1, 0.15) is 21.6 Å². The highest BCUT2D eigenvalue weighted by Gasteiger charge is 2.18. The lowest BCUT2D eigenvalue weighted by molar-refractivity contribution is 0.100. The molecule has 3 aromatic carbocycles. The van der Waals surface area contributed by atoms with Crippen molar-refractivity contribution in [3.05, 3.63) is 114 Å². The van der Waals surface area contributed by atoms with E-state index in [1.807, 2.05) is 76.7 Å². The molecule has 3 aromatic heterocycles. The number of carbonyl (C=O) groups is 1. The van der Waals surface area contributed by atoms with Crippen LogP contribution in [-0.2, 0) is 6.54 Å². The van der Waals surface area contributed by atoms with Crippen molar-refractivity contribution in [3.8, 4) is 17.2 Å². The molecule has 36 heavy (non-hydrogen) atoms. The van der Waals surface area contributed by atoms with Crippen LogP contribution in [0.3, 0.4) is 0 Å². The zero-order valence-corrected chi connectivity index (χ0v) is 19.7. The Morgan fingerprint density at radius 2 is 1.64 bits per heavy atom. The third-order valence-corrected chi connectivity index (χ3v) is 6.37. The lowest BCUT2D eigenvalue weighted by Gasteiger charge is -2.13. The van der Waals surface area contributed by atoms with Gasteiger partial charge in [-0.3, -0.25) is 9.36 Å². The molecule has 6 rings (SSSR count). The summed E-state index contributed by atoms with van der Waals surface area (Å²) in [6, 6.07) is 31.9. The third-order valence-electron chi connectivity index (χ3n) is 6.37. The molecular formula is C29H24N6O. The van der Waals surface area contributed by atoms with E-state index in [9.17, 15) is 4.79 Å². The summed E-state index contributed by atoms with van der Waals surface area (Å²) < 4.78 is 3.89. The largest absolute Gasteiger partial charge is 0.366 e. The van der Waals surface area contributed by atoms with Crippen LogP contribution in [0.2, 0.25) is 0 Å². The molecule has 0 atom stereocenters. The molecule has 7 heteroatoms. The van der Waals surface area contributed by atoms with Crippen molar-refractivity contribution < 1.29 is 4.79 Å². The molecule has 0 saturated carbocycles. The Morgan fingerprint density at radius 1 is 0.889 bits per heavy atom. The Kier molecular flexibility index (Phi) is 5.22. The molecule has 0 radical (unpaired) electrons. The lowest BCUT2D eigenvalue weighted by Crippen LogP contribution is -2.12. The number of rotatable bonds is 6. The quantitative estimate of drug-likeness (QED) is 0.341. The first kappa shape index (κ1) is 21.6. The maximum Gasteiger partial charge on any atom is 0.254 e. The van der Waals surface area contributed by atoms with Crippen LogP contribution in [-0.4, -0.2) is 25.1 Å². The van der Waals surface area contributed by atoms with Gasteiger partial charge in [0.05, 0.1) is 11.2 Å². The van der Waals surface area contributed by atoms with Gasteiger partial charge in [0.1, 0.15) is 5.52 Å². The van der Waals surface area contributed by atoms with Crippen molar-refractivity contribution >= 4 is 28.1 Å². The number of nitrogens with zero attached hydrogens (tertiary/aromatic N) is 4. The zero-order chi connectivity index (χ0) is 24.6. The van der Waals surface area contributed by atoms with Gasteiger partial charge in [0, 0.05) is 28.8 Å². The summed E-state index contributed by atoms with van der Waals surface area (Å²) in [5.74, 6) is 0.759. The van der Waals surface area contributed by atoms with E-state index in [0.29, 0.717) is 18.1 Å². The molecule has 0 spiro atoms. The van der Waals surface area contributed by atoms with E-state index in [4.69, 9.17) is 15.8 Å². The summed E-state index contributed by atoms with van der Waals surface area (Å²) in [4.78, 5) is 17.0. The lowest BCUT2D eigenvalue weighted by atomic mass is 10.1. The summed E-state index contributed by atoms with van der Waals surface area (Å²) in [7, 11) is 0. The van der Waals surface area contributed by atoms with Crippen LogP contribution in [0, 0.1) is 6.92 Å². The highest BCUT2D eigenvalue weighted by atomic mass is 16.1. The zero-order valence-electron chi connectivity index (χ0n) is 19.7. The van der Waals surface area contributed by atoms with E-state index in [1.54, 1.807) is 6.07 Å². The Balaban J connectivity index is 1.57. The molecule has 0 unspecified atom stereocenters. The number of amides is 1. The van der Waals surface area contributed by atoms with Crippen LogP contribution in [0.15, 0.2) is 97.1 Å². The Morgan fingerprint density at radius 3 is 2.39 bits per heavy atom. The number of nitrogens with one attached hydrogen (secondary N) is 1. The van der Waals surface area contributed by atoms with Gasteiger partial charge in [-0.25, -0.2) is 4.52 Å². The summed E-state index contributed by atoms with van der Waals surface area (Å²) >= 11 is 0. The SMILES string of the molecule is Cc1cc2c(C(N)=O)cccc2n1-c1nc(NCc2ccccc2)c2ccc(-c3ccccc3)n2n1. The molecule has 176 valence electrons. The van der Waals surface area contributed by atoms with Gasteiger partial charge in [-0.2, -0.15) is 4.98 Å². The first-order valence-corrected chi connectivity index (χ1v) is 11.7. The Bertz CT molecular complexity index is 1720. The van der Waals surface area contributed by atoms with Crippen LogP contribution in [0.5, 0.6) is 0 Å². The van der Waals surface area contributed by atoms with Gasteiger partial charge >= 0.3 is 0 Å². The molecule has 3 N–H and O–H groups in total.